The van der Waals surface area contributed by atoms with Crippen LogP contribution in [-0.4, -0.2) is 10.9 Å². The van der Waals surface area contributed by atoms with Gasteiger partial charge in [0.1, 0.15) is 4.33 Å². The third-order valence-electron chi connectivity index (χ3n) is 1.25. The summed E-state index contributed by atoms with van der Waals surface area (Å²) in [5.41, 5.74) is 0. The van der Waals surface area contributed by atoms with E-state index in [0.29, 0.717) is 6.61 Å². The molecule has 0 heterocycles. The molecule has 0 aromatic rings. The lowest BCUT2D eigenvalue weighted by molar-refractivity contribution is 0.127. The molecule has 2 nitrogen and oxygen atoms in total. The zero-order valence-corrected chi connectivity index (χ0v) is 5.74. The predicted molar refractivity (Wildman–Crippen MR) is 32.7 cm³/mol. The highest BCUT2D eigenvalue weighted by Gasteiger charge is 2.51. The molecule has 1 saturated carbocycles. The Morgan fingerprint density at radius 3 is 2.38 bits per heavy atom. The summed E-state index contributed by atoms with van der Waals surface area (Å²) in [5, 5.41) is 0. The van der Waals surface area contributed by atoms with Crippen LogP contribution in [0.3, 0.4) is 0 Å². The Labute approximate surface area is 57.8 Å². The molecular formula is C4H7Cl2NO. The highest BCUT2D eigenvalue weighted by molar-refractivity contribution is 6.50. The average molecular weight is 156 g/mol. The first kappa shape index (κ1) is 6.62. The molecule has 0 aromatic carbocycles. The fourth-order valence-corrected chi connectivity index (χ4v) is 1.07. The molecule has 0 bridgehead atoms. The molecule has 0 amide bonds. The van der Waals surface area contributed by atoms with Gasteiger partial charge in [-0.3, -0.25) is 0 Å². The summed E-state index contributed by atoms with van der Waals surface area (Å²) >= 11 is 11.2. The minimum absolute atomic E-state index is 0.246. The summed E-state index contributed by atoms with van der Waals surface area (Å²) in [5.74, 6) is 5.02. The molecule has 1 atom stereocenters. The number of nitrogens with two attached hydrogens (primary N) is 1. The van der Waals surface area contributed by atoms with Crippen molar-refractivity contribution < 1.29 is 4.84 Å². The van der Waals surface area contributed by atoms with Crippen LogP contribution in [0.15, 0.2) is 0 Å². The largest absolute Gasteiger partial charge is 0.304 e. The van der Waals surface area contributed by atoms with E-state index in [1.807, 2.05) is 0 Å². The first-order chi connectivity index (χ1) is 3.67. The fourth-order valence-electron chi connectivity index (χ4n) is 0.567. The van der Waals surface area contributed by atoms with E-state index < -0.39 is 4.33 Å². The van der Waals surface area contributed by atoms with E-state index in [2.05, 4.69) is 4.84 Å². The molecule has 8 heavy (non-hydrogen) atoms. The van der Waals surface area contributed by atoms with Crippen molar-refractivity contribution in [2.75, 3.05) is 6.61 Å². The van der Waals surface area contributed by atoms with Crippen LogP contribution < -0.4 is 5.90 Å². The maximum atomic E-state index is 5.62. The van der Waals surface area contributed by atoms with Gasteiger partial charge in [0, 0.05) is 5.92 Å². The van der Waals surface area contributed by atoms with Gasteiger partial charge < -0.3 is 4.84 Å². The summed E-state index contributed by atoms with van der Waals surface area (Å²) in [7, 11) is 0. The molecule has 0 radical (unpaired) electrons. The van der Waals surface area contributed by atoms with Gasteiger partial charge in [-0.1, -0.05) is 0 Å². The lowest BCUT2D eigenvalue weighted by Crippen LogP contribution is -2.05. The van der Waals surface area contributed by atoms with Gasteiger partial charge >= 0.3 is 0 Å². The van der Waals surface area contributed by atoms with Gasteiger partial charge in [-0.25, -0.2) is 5.90 Å². The van der Waals surface area contributed by atoms with Crippen LogP contribution in [0, 0.1) is 5.92 Å². The van der Waals surface area contributed by atoms with Gasteiger partial charge in [-0.15, -0.1) is 23.2 Å². The lowest BCUT2D eigenvalue weighted by atomic mass is 10.5. The number of alkyl halides is 2. The van der Waals surface area contributed by atoms with E-state index in [1.165, 1.54) is 0 Å². The zero-order chi connectivity index (χ0) is 6.20. The number of hydrogen-bond donors (Lipinski definition) is 1. The summed E-state index contributed by atoms with van der Waals surface area (Å²) < 4.78 is -0.542. The van der Waals surface area contributed by atoms with Crippen LogP contribution in [0.5, 0.6) is 0 Å². The van der Waals surface area contributed by atoms with Crippen LogP contribution in [0.25, 0.3) is 0 Å². The van der Waals surface area contributed by atoms with Gasteiger partial charge in [0.15, 0.2) is 0 Å². The molecule has 0 aliphatic heterocycles. The number of halogens is 2. The average Bonchev–Trinajstić information content (AvgIpc) is 2.15. The first-order valence-corrected chi connectivity index (χ1v) is 3.12. The van der Waals surface area contributed by atoms with Gasteiger partial charge in [0.25, 0.3) is 0 Å². The van der Waals surface area contributed by atoms with Crippen molar-refractivity contribution in [3.8, 4) is 0 Å². The Morgan fingerprint density at radius 1 is 1.75 bits per heavy atom. The maximum absolute atomic E-state index is 5.62. The minimum atomic E-state index is -0.542. The summed E-state index contributed by atoms with van der Waals surface area (Å²) in [4.78, 5) is 4.33. The van der Waals surface area contributed by atoms with E-state index in [-0.39, 0.29) is 5.92 Å². The normalized spacial score (nSPS) is 32.6. The van der Waals surface area contributed by atoms with Crippen molar-refractivity contribution in [2.45, 2.75) is 10.8 Å². The topological polar surface area (TPSA) is 35.2 Å². The quantitative estimate of drug-likeness (QED) is 0.479. The highest BCUT2D eigenvalue weighted by Crippen LogP contribution is 2.52. The molecule has 4 heteroatoms. The molecule has 1 unspecified atom stereocenters. The van der Waals surface area contributed by atoms with E-state index >= 15 is 0 Å². The second-order valence-electron chi connectivity index (χ2n) is 2.00. The molecule has 0 aromatic heterocycles. The van der Waals surface area contributed by atoms with E-state index in [4.69, 9.17) is 29.1 Å². The summed E-state index contributed by atoms with van der Waals surface area (Å²) in [6, 6.07) is 0. The highest BCUT2D eigenvalue weighted by atomic mass is 35.5. The third-order valence-corrected chi connectivity index (χ3v) is 2.18. The van der Waals surface area contributed by atoms with Crippen molar-refractivity contribution in [1.29, 1.82) is 0 Å². The Kier molecular flexibility index (Phi) is 1.68. The Hall–Kier alpha value is 0.500. The lowest BCUT2D eigenvalue weighted by Gasteiger charge is -1.94. The molecular weight excluding hydrogens is 149 g/mol. The Balaban J connectivity index is 2.17. The molecule has 1 aliphatic carbocycles. The van der Waals surface area contributed by atoms with Crippen LogP contribution in [-0.2, 0) is 4.84 Å². The van der Waals surface area contributed by atoms with Crippen LogP contribution in [0.4, 0.5) is 0 Å². The van der Waals surface area contributed by atoms with E-state index in [0.717, 1.165) is 6.42 Å². The second-order valence-corrected chi connectivity index (χ2v) is 3.54. The molecule has 1 aliphatic rings. The smallest absolute Gasteiger partial charge is 0.124 e. The van der Waals surface area contributed by atoms with E-state index in [1.54, 1.807) is 0 Å². The van der Waals surface area contributed by atoms with Gasteiger partial charge in [0.2, 0.25) is 0 Å². The van der Waals surface area contributed by atoms with Crippen molar-refractivity contribution >= 4 is 23.2 Å². The van der Waals surface area contributed by atoms with Crippen LogP contribution >= 0.6 is 23.2 Å². The molecule has 2 N–H and O–H groups in total. The summed E-state index contributed by atoms with van der Waals surface area (Å²) in [6.45, 7) is 0.465. The zero-order valence-electron chi connectivity index (χ0n) is 4.23. The first-order valence-electron chi connectivity index (χ1n) is 2.36. The molecule has 1 fully saturated rings. The summed E-state index contributed by atoms with van der Waals surface area (Å²) in [6.07, 6.45) is 0.799. The van der Waals surface area contributed by atoms with Crippen molar-refractivity contribution in [1.82, 2.24) is 0 Å². The number of rotatable bonds is 2. The SMILES string of the molecule is NOCC1CC1(Cl)Cl. The van der Waals surface area contributed by atoms with Gasteiger partial charge in [-0.05, 0) is 6.42 Å². The van der Waals surface area contributed by atoms with Gasteiger partial charge in [0.05, 0.1) is 6.61 Å². The van der Waals surface area contributed by atoms with E-state index in [9.17, 15) is 0 Å². The standard InChI is InChI=1S/C4H7Cl2NO/c5-4(6)1-3(4)2-8-7/h3H,1-2,7H2. The second kappa shape index (κ2) is 2.03. The maximum Gasteiger partial charge on any atom is 0.124 e. The number of hydrogen-bond acceptors (Lipinski definition) is 2. The molecule has 1 rings (SSSR count). The van der Waals surface area contributed by atoms with Crippen molar-refractivity contribution in [3.63, 3.8) is 0 Å². The third kappa shape index (κ3) is 1.26. The van der Waals surface area contributed by atoms with Crippen LogP contribution in [0.2, 0.25) is 0 Å². The van der Waals surface area contributed by atoms with Gasteiger partial charge in [-0.2, -0.15) is 0 Å². The monoisotopic (exact) mass is 155 g/mol. The Morgan fingerprint density at radius 2 is 2.25 bits per heavy atom. The van der Waals surface area contributed by atoms with Crippen LogP contribution in [0.1, 0.15) is 6.42 Å². The predicted octanol–water partition coefficient (Wildman–Crippen LogP) is 1.07. The fraction of sp³-hybridized carbons (Fsp3) is 1.00. The molecule has 0 saturated heterocycles. The Bertz CT molecular complexity index is 96.0. The van der Waals surface area contributed by atoms with Crippen molar-refractivity contribution in [2.24, 2.45) is 11.8 Å². The molecule has 0 spiro atoms. The molecule has 48 valence electrons. The van der Waals surface area contributed by atoms with Crippen molar-refractivity contribution in [3.05, 3.63) is 0 Å². The minimum Gasteiger partial charge on any atom is -0.304 e.